The summed E-state index contributed by atoms with van der Waals surface area (Å²) in [5.74, 6) is 2.55. The van der Waals surface area contributed by atoms with Crippen LogP contribution in [-0.4, -0.2) is 16.5 Å². The van der Waals surface area contributed by atoms with Crippen molar-refractivity contribution in [2.45, 2.75) is 46.5 Å². The molecule has 0 spiro atoms. The minimum atomic E-state index is 0.399. The molecule has 0 saturated heterocycles. The fourth-order valence-electron chi connectivity index (χ4n) is 2.00. The molecule has 0 amide bonds. The topological polar surface area (TPSA) is 37.8 Å². The van der Waals surface area contributed by atoms with Crippen LogP contribution in [0.1, 0.15) is 51.0 Å². The molecule has 1 unspecified atom stereocenters. The lowest BCUT2D eigenvalue weighted by Crippen LogP contribution is -2.06. The lowest BCUT2D eigenvalue weighted by molar-refractivity contribution is 0.607. The Morgan fingerprint density at radius 1 is 1.44 bits per heavy atom. The van der Waals surface area contributed by atoms with E-state index in [0.717, 1.165) is 30.3 Å². The zero-order chi connectivity index (χ0) is 11.8. The molecular weight excluding hydrogens is 198 g/mol. The minimum Gasteiger partial charge on any atom is -0.370 e. The van der Waals surface area contributed by atoms with Gasteiger partial charge in [-0.2, -0.15) is 0 Å². The maximum Gasteiger partial charge on any atom is 0.134 e. The number of nitrogens with zero attached hydrogens (tertiary/aromatic N) is 2. The molecule has 1 saturated carbocycles. The van der Waals surface area contributed by atoms with Crippen molar-refractivity contribution in [1.29, 1.82) is 0 Å². The third-order valence-corrected chi connectivity index (χ3v) is 3.25. The van der Waals surface area contributed by atoms with E-state index in [9.17, 15) is 0 Å². The van der Waals surface area contributed by atoms with E-state index in [-0.39, 0.29) is 0 Å². The third-order valence-electron chi connectivity index (χ3n) is 3.25. The van der Waals surface area contributed by atoms with E-state index in [4.69, 9.17) is 0 Å². The van der Waals surface area contributed by atoms with Gasteiger partial charge in [-0.25, -0.2) is 9.97 Å². The Labute approximate surface area is 97.7 Å². The van der Waals surface area contributed by atoms with Gasteiger partial charge >= 0.3 is 0 Å². The van der Waals surface area contributed by atoms with Crippen molar-refractivity contribution in [3.63, 3.8) is 0 Å². The van der Waals surface area contributed by atoms with E-state index in [0.29, 0.717) is 11.3 Å². The van der Waals surface area contributed by atoms with Crippen LogP contribution in [-0.2, 0) is 0 Å². The van der Waals surface area contributed by atoms with Crippen LogP contribution in [0.5, 0.6) is 0 Å². The number of aromatic nitrogens is 2. The van der Waals surface area contributed by atoms with Crippen LogP contribution >= 0.6 is 0 Å². The van der Waals surface area contributed by atoms with Crippen molar-refractivity contribution in [1.82, 2.24) is 9.97 Å². The lowest BCUT2D eigenvalue weighted by Gasteiger charge is -2.08. The van der Waals surface area contributed by atoms with Crippen molar-refractivity contribution < 1.29 is 0 Å². The van der Waals surface area contributed by atoms with Gasteiger partial charge in [-0.3, -0.25) is 0 Å². The summed E-state index contributed by atoms with van der Waals surface area (Å²) in [6.45, 7) is 9.73. The average molecular weight is 219 g/mol. The smallest absolute Gasteiger partial charge is 0.134 e. The summed E-state index contributed by atoms with van der Waals surface area (Å²) < 4.78 is 0. The summed E-state index contributed by atoms with van der Waals surface area (Å²) in [6.07, 6.45) is 2.33. The third kappa shape index (κ3) is 2.34. The number of anilines is 1. The summed E-state index contributed by atoms with van der Waals surface area (Å²) in [4.78, 5) is 9.15. The van der Waals surface area contributed by atoms with Crippen LogP contribution in [0, 0.1) is 12.3 Å². The lowest BCUT2D eigenvalue weighted by atomic mass is 10.1. The van der Waals surface area contributed by atoms with Crippen LogP contribution < -0.4 is 5.32 Å². The van der Waals surface area contributed by atoms with E-state index < -0.39 is 0 Å². The largest absolute Gasteiger partial charge is 0.370 e. The van der Waals surface area contributed by atoms with E-state index in [1.54, 1.807) is 0 Å². The zero-order valence-electron chi connectivity index (χ0n) is 10.7. The van der Waals surface area contributed by atoms with E-state index in [1.807, 2.05) is 13.0 Å². The Bertz CT molecular complexity index is 385. The van der Waals surface area contributed by atoms with Crippen molar-refractivity contribution in [2.24, 2.45) is 5.41 Å². The first kappa shape index (κ1) is 11.4. The second-order valence-electron chi connectivity index (χ2n) is 5.42. The van der Waals surface area contributed by atoms with Crippen LogP contribution in [0.2, 0.25) is 0 Å². The molecule has 1 atom stereocenters. The normalized spacial score (nSPS) is 21.9. The Hall–Kier alpha value is -1.12. The number of aryl methyl sites for hydroxylation is 1. The first-order valence-corrected chi connectivity index (χ1v) is 6.12. The van der Waals surface area contributed by atoms with Gasteiger partial charge in [0.1, 0.15) is 11.6 Å². The molecule has 1 aliphatic carbocycles. The van der Waals surface area contributed by atoms with Gasteiger partial charge in [0.25, 0.3) is 0 Å². The van der Waals surface area contributed by atoms with E-state index >= 15 is 0 Å². The molecule has 0 bridgehead atoms. The Balaban J connectivity index is 2.17. The molecule has 16 heavy (non-hydrogen) atoms. The second-order valence-corrected chi connectivity index (χ2v) is 5.42. The van der Waals surface area contributed by atoms with Crippen LogP contribution in [0.4, 0.5) is 5.82 Å². The van der Waals surface area contributed by atoms with Gasteiger partial charge < -0.3 is 5.32 Å². The highest BCUT2D eigenvalue weighted by Gasteiger charge is 2.48. The predicted molar refractivity (Wildman–Crippen MR) is 66.7 cm³/mol. The molecule has 1 N–H and O–H groups in total. The van der Waals surface area contributed by atoms with Gasteiger partial charge in [0.2, 0.25) is 0 Å². The molecule has 1 fully saturated rings. The van der Waals surface area contributed by atoms with Crippen molar-refractivity contribution in [3.05, 3.63) is 17.6 Å². The van der Waals surface area contributed by atoms with Crippen molar-refractivity contribution in [2.75, 3.05) is 11.9 Å². The SMILES string of the molecule is CCCNc1cc(C)nc(C2CC2(C)C)n1. The Morgan fingerprint density at radius 3 is 2.69 bits per heavy atom. The van der Waals surface area contributed by atoms with Gasteiger partial charge in [-0.05, 0) is 25.2 Å². The molecular formula is C13H21N3. The first-order chi connectivity index (χ1) is 7.53. The molecule has 1 aliphatic rings. The highest BCUT2D eigenvalue weighted by Crippen LogP contribution is 2.57. The fourth-order valence-corrected chi connectivity index (χ4v) is 2.00. The molecule has 88 valence electrons. The second kappa shape index (κ2) is 4.04. The van der Waals surface area contributed by atoms with Crippen molar-refractivity contribution >= 4 is 5.82 Å². The van der Waals surface area contributed by atoms with E-state index in [1.165, 1.54) is 6.42 Å². The molecule has 3 heteroatoms. The van der Waals surface area contributed by atoms with Crippen LogP contribution in [0.3, 0.4) is 0 Å². The molecule has 0 aliphatic heterocycles. The Kier molecular flexibility index (Phi) is 2.87. The summed E-state index contributed by atoms with van der Waals surface area (Å²) in [5, 5.41) is 3.33. The van der Waals surface area contributed by atoms with Gasteiger partial charge in [0.15, 0.2) is 0 Å². The zero-order valence-corrected chi connectivity index (χ0v) is 10.7. The van der Waals surface area contributed by atoms with Gasteiger partial charge in [0, 0.05) is 24.2 Å². The number of hydrogen-bond acceptors (Lipinski definition) is 3. The minimum absolute atomic E-state index is 0.399. The van der Waals surface area contributed by atoms with E-state index in [2.05, 4.69) is 36.1 Å². The molecule has 1 heterocycles. The van der Waals surface area contributed by atoms with Gasteiger partial charge in [0.05, 0.1) is 0 Å². The quantitative estimate of drug-likeness (QED) is 0.845. The highest BCUT2D eigenvalue weighted by molar-refractivity contribution is 5.37. The number of hydrogen-bond donors (Lipinski definition) is 1. The maximum atomic E-state index is 4.61. The van der Waals surface area contributed by atoms with Crippen molar-refractivity contribution in [3.8, 4) is 0 Å². The molecule has 2 rings (SSSR count). The standard InChI is InChI=1S/C13H21N3/c1-5-6-14-11-7-9(2)15-12(16-11)10-8-13(10,3)4/h7,10H,5-6,8H2,1-4H3,(H,14,15,16). The first-order valence-electron chi connectivity index (χ1n) is 6.12. The highest BCUT2D eigenvalue weighted by atomic mass is 15.0. The summed E-state index contributed by atoms with van der Waals surface area (Å²) >= 11 is 0. The molecule has 1 aromatic heterocycles. The molecule has 1 aromatic rings. The van der Waals surface area contributed by atoms with Gasteiger partial charge in [-0.1, -0.05) is 20.8 Å². The summed E-state index contributed by atoms with van der Waals surface area (Å²) in [7, 11) is 0. The fraction of sp³-hybridized carbons (Fsp3) is 0.692. The summed E-state index contributed by atoms with van der Waals surface area (Å²) in [5.41, 5.74) is 1.46. The van der Waals surface area contributed by atoms with Crippen LogP contribution in [0.15, 0.2) is 6.07 Å². The number of nitrogens with one attached hydrogen (secondary N) is 1. The number of rotatable bonds is 4. The average Bonchev–Trinajstić information content (AvgIpc) is 2.84. The monoisotopic (exact) mass is 219 g/mol. The van der Waals surface area contributed by atoms with Gasteiger partial charge in [-0.15, -0.1) is 0 Å². The Morgan fingerprint density at radius 2 is 2.12 bits per heavy atom. The predicted octanol–water partition coefficient (Wildman–Crippen LogP) is 3.12. The molecule has 3 nitrogen and oxygen atoms in total. The van der Waals surface area contributed by atoms with Crippen LogP contribution in [0.25, 0.3) is 0 Å². The summed E-state index contributed by atoms with van der Waals surface area (Å²) in [6, 6.07) is 2.02. The molecule has 0 aromatic carbocycles. The molecule has 0 radical (unpaired) electrons. The maximum absolute atomic E-state index is 4.61.